The average molecular weight is 251 g/mol. The van der Waals surface area contributed by atoms with Gasteiger partial charge in [-0.05, 0) is 0 Å². The number of hydrogen-bond acceptors (Lipinski definition) is 2. The molecule has 0 fully saturated rings. The fourth-order valence-corrected chi connectivity index (χ4v) is 0.321. The smallest absolute Gasteiger partial charge is 1.00 e. The largest absolute Gasteiger partial charge is 2.00 e. The van der Waals surface area contributed by atoms with Gasteiger partial charge in [0, 0.05) is 14.2 Å². The zero-order chi connectivity index (χ0) is 7.54. The second-order valence-electron chi connectivity index (χ2n) is 0.962. The minimum absolute atomic E-state index is 0. The number of aliphatic hydroxyl groups excluding tert-OH is 2. The van der Waals surface area contributed by atoms with Crippen LogP contribution in [0.2, 0.25) is 0 Å². The summed E-state index contributed by atoms with van der Waals surface area (Å²) in [5.74, 6) is 0. The summed E-state index contributed by atoms with van der Waals surface area (Å²) in [6.07, 6.45) is 0. The average Bonchev–Trinajstić information content (AvgIpc) is 2.51. The zero-order valence-corrected chi connectivity index (χ0v) is 9.89. The van der Waals surface area contributed by atoms with Crippen molar-refractivity contribution in [2.45, 2.75) is 0 Å². The maximum absolute atomic E-state index is 7.00. The van der Waals surface area contributed by atoms with Crippen LogP contribution in [0, 0.1) is 0 Å². The monoisotopic (exact) mass is 250 g/mol. The second-order valence-corrected chi connectivity index (χ2v) is 0.962. The molecule has 1 radical (unpaired) electrons. The number of hydrogen-bond donors (Lipinski definition) is 2. The molecule has 0 aliphatic rings. The van der Waals surface area contributed by atoms with Crippen LogP contribution >= 0.6 is 0 Å². The first kappa shape index (κ1) is 29.4. The van der Waals surface area contributed by atoms with E-state index in [2.05, 4.69) is 0 Å². The molecule has 12 heavy (non-hydrogen) atoms. The molecule has 1 rings (SSSR count). The van der Waals surface area contributed by atoms with Crippen LogP contribution in [0.1, 0.15) is 0 Å². The van der Waals surface area contributed by atoms with Crippen molar-refractivity contribution in [3.63, 3.8) is 0 Å². The van der Waals surface area contributed by atoms with Crippen molar-refractivity contribution in [1.29, 1.82) is 0 Å². The molecular weight excluding hydrogens is 238 g/mol. The van der Waals surface area contributed by atoms with E-state index in [-0.39, 0.29) is 43.4 Å². The van der Waals surface area contributed by atoms with Crippen molar-refractivity contribution in [2.75, 3.05) is 14.2 Å². The topological polar surface area (TPSA) is 40.5 Å². The number of rotatable bonds is 0. The van der Waals surface area contributed by atoms with E-state index < -0.39 is 0 Å². The van der Waals surface area contributed by atoms with E-state index in [4.69, 9.17) is 10.2 Å². The van der Waals surface area contributed by atoms with Crippen LogP contribution in [0.4, 0.5) is 0 Å². The number of aliphatic hydroxyl groups is 2. The molecule has 0 saturated carbocycles. The predicted molar refractivity (Wildman–Crippen MR) is 38.3 cm³/mol. The Hall–Kier alpha value is 0.434. The maximum atomic E-state index is 7.00. The van der Waals surface area contributed by atoms with E-state index in [1.807, 2.05) is 30.3 Å². The van der Waals surface area contributed by atoms with Crippen LogP contribution in [-0.2, 0) is 18.6 Å². The Balaban J connectivity index is -0.0000000213. The van der Waals surface area contributed by atoms with E-state index in [9.17, 15) is 0 Å². The summed E-state index contributed by atoms with van der Waals surface area (Å²) in [6.45, 7) is 0. The summed E-state index contributed by atoms with van der Waals surface area (Å²) in [5, 5.41) is 14.0. The van der Waals surface area contributed by atoms with Gasteiger partial charge in [0.1, 0.15) is 0 Å². The van der Waals surface area contributed by atoms with Gasteiger partial charge in [-0.2, -0.15) is 18.2 Å². The Morgan fingerprint density at radius 3 is 1.17 bits per heavy atom. The van der Waals surface area contributed by atoms with Crippen molar-refractivity contribution in [2.24, 2.45) is 0 Å². The molecule has 5 heteroatoms. The molecule has 0 aliphatic carbocycles. The van der Waals surface area contributed by atoms with Crippen molar-refractivity contribution in [3.8, 4) is 0 Å². The molecule has 0 saturated heterocycles. The molecule has 2 N–H and O–H groups in total. The van der Waals surface area contributed by atoms with Gasteiger partial charge in [-0.1, -0.05) is 0 Å². The second kappa shape index (κ2) is 42.2. The molecule has 1 aromatic carbocycles. The van der Waals surface area contributed by atoms with Gasteiger partial charge in [-0.3, -0.25) is 0 Å². The van der Waals surface area contributed by atoms with Crippen LogP contribution in [0.3, 0.4) is 0 Å². The molecule has 0 heterocycles. The van der Waals surface area contributed by atoms with Gasteiger partial charge in [-0.15, -0.1) is 0 Å². The van der Waals surface area contributed by atoms with E-state index in [1.165, 1.54) is 0 Å². The molecule has 0 bridgehead atoms. The number of halogens is 2. The van der Waals surface area contributed by atoms with Gasteiger partial charge < -0.3 is 35.0 Å². The molecule has 1 aromatic rings. The van der Waals surface area contributed by atoms with Crippen molar-refractivity contribution in [1.82, 2.24) is 0 Å². The van der Waals surface area contributed by atoms with Gasteiger partial charge in [0.25, 0.3) is 0 Å². The predicted octanol–water partition coefficient (Wildman–Crippen LogP) is -5.37. The first-order chi connectivity index (χ1) is 4.50. The van der Waals surface area contributed by atoms with E-state index >= 15 is 0 Å². The van der Waals surface area contributed by atoms with Gasteiger partial charge >= 0.3 is 18.6 Å². The molecule has 0 unspecified atom stereocenters. The zero-order valence-electron chi connectivity index (χ0n) is 6.98. The Bertz CT molecular complexity index is 75.9. The summed E-state index contributed by atoms with van der Waals surface area (Å²) in [6, 6.07) is 10.0. The van der Waals surface area contributed by atoms with Crippen molar-refractivity contribution in [3.05, 3.63) is 30.3 Å². The molecule has 0 amide bonds. The third kappa shape index (κ3) is 31.4. The van der Waals surface area contributed by atoms with Crippen molar-refractivity contribution < 1.29 is 53.6 Å². The Morgan fingerprint density at radius 2 is 1.08 bits per heavy atom. The third-order valence-corrected chi connectivity index (χ3v) is 0.556. The fourth-order valence-electron chi connectivity index (χ4n) is 0.321. The normalized spacial score (nSPS) is 4.33. The summed E-state index contributed by atoms with van der Waals surface area (Å²) in [4.78, 5) is 0. The van der Waals surface area contributed by atoms with Gasteiger partial charge in [0.05, 0.1) is 0 Å². The molecular formula is C7H13Cl2O2V-. The summed E-state index contributed by atoms with van der Waals surface area (Å²) in [7, 11) is 2.00. The SMILES string of the molecule is CO.CO.[Cl-].[Cl-].[V+2].c1cc[cH-]c1. The Kier molecular flexibility index (Phi) is 103. The standard InChI is InChI=1S/C5H5.2CH4O.2ClH.V/c1-2-4-5-3-1;2*1-2;;;/h1-5H;2*2H,1H3;2*1H;/q-1;;;;;+2/p-2. The summed E-state index contributed by atoms with van der Waals surface area (Å²) in [5.41, 5.74) is 0. The summed E-state index contributed by atoms with van der Waals surface area (Å²) < 4.78 is 0. The fraction of sp³-hybridized carbons (Fsp3) is 0.286. The maximum Gasteiger partial charge on any atom is 2.00 e. The first-order valence-corrected chi connectivity index (χ1v) is 2.56. The van der Waals surface area contributed by atoms with Crippen molar-refractivity contribution >= 4 is 0 Å². The van der Waals surface area contributed by atoms with Crippen LogP contribution in [0.15, 0.2) is 30.3 Å². The molecule has 2 nitrogen and oxygen atoms in total. The molecule has 0 spiro atoms. The van der Waals surface area contributed by atoms with E-state index in [1.54, 1.807) is 0 Å². The van der Waals surface area contributed by atoms with Gasteiger partial charge in [0.2, 0.25) is 0 Å². The van der Waals surface area contributed by atoms with E-state index in [0.29, 0.717) is 0 Å². The molecule has 73 valence electrons. The van der Waals surface area contributed by atoms with Crippen LogP contribution in [0.25, 0.3) is 0 Å². The quantitative estimate of drug-likeness (QED) is 0.452. The minimum atomic E-state index is 0. The van der Waals surface area contributed by atoms with E-state index in [0.717, 1.165) is 14.2 Å². The molecule has 0 aromatic heterocycles. The van der Waals surface area contributed by atoms with Crippen LogP contribution in [0.5, 0.6) is 0 Å². The van der Waals surface area contributed by atoms with Gasteiger partial charge in [-0.25, -0.2) is 12.1 Å². The third-order valence-electron chi connectivity index (χ3n) is 0.556. The summed E-state index contributed by atoms with van der Waals surface area (Å²) >= 11 is 0. The first-order valence-electron chi connectivity index (χ1n) is 2.56. The van der Waals surface area contributed by atoms with Gasteiger partial charge in [0.15, 0.2) is 0 Å². The van der Waals surface area contributed by atoms with Crippen LogP contribution < -0.4 is 24.8 Å². The Labute approximate surface area is 98.1 Å². The molecule has 0 aliphatic heterocycles. The van der Waals surface area contributed by atoms with Crippen LogP contribution in [-0.4, -0.2) is 24.4 Å². The minimum Gasteiger partial charge on any atom is -1.00 e. The Morgan fingerprint density at radius 1 is 0.833 bits per heavy atom. The molecule has 0 atom stereocenters.